The van der Waals surface area contributed by atoms with Crippen molar-refractivity contribution < 1.29 is 62.0 Å². The molecular formula is C41H50O13. The minimum absolute atomic E-state index is 0.0421. The Labute approximate surface area is 316 Å². The van der Waals surface area contributed by atoms with Gasteiger partial charge in [-0.1, -0.05) is 91.0 Å². The van der Waals surface area contributed by atoms with E-state index < -0.39 is 73.7 Å². The predicted octanol–water partition coefficient (Wildman–Crippen LogP) is 4.35. The van der Waals surface area contributed by atoms with E-state index in [1.807, 2.05) is 91.0 Å². The lowest BCUT2D eigenvalue weighted by atomic mass is 9.95. The fraction of sp³-hybridized carbons (Fsp3) is 0.488. The quantitative estimate of drug-likeness (QED) is 0.130. The van der Waals surface area contributed by atoms with Crippen molar-refractivity contribution in [1.82, 2.24) is 0 Å². The van der Waals surface area contributed by atoms with Crippen molar-refractivity contribution in [3.8, 4) is 12.3 Å². The lowest BCUT2D eigenvalue weighted by molar-refractivity contribution is -0.371. The average molecular weight is 751 g/mol. The molecule has 3 aromatic carbocycles. The Bertz CT molecular complexity index is 1560. The molecule has 1 N–H and O–H groups in total. The van der Waals surface area contributed by atoms with Gasteiger partial charge in [-0.15, -0.1) is 6.42 Å². The molecule has 0 aliphatic carbocycles. The lowest BCUT2D eigenvalue weighted by Crippen LogP contribution is -2.67. The van der Waals surface area contributed by atoms with Gasteiger partial charge in [0.25, 0.3) is 0 Å². The van der Waals surface area contributed by atoms with Crippen molar-refractivity contribution in [2.75, 3.05) is 34.5 Å². The summed E-state index contributed by atoms with van der Waals surface area (Å²) in [5, 5.41) is 10.4. The molecule has 13 nitrogen and oxygen atoms in total. The molecule has 11 unspecified atom stereocenters. The van der Waals surface area contributed by atoms with Crippen LogP contribution in [-0.2, 0) is 76.7 Å². The molecule has 5 rings (SSSR count). The number of terminal acetylenes is 1. The number of hydrogen-bond acceptors (Lipinski definition) is 12. The number of carboxylic acid groups (broad SMARTS) is 1. The maximum atomic E-state index is 12.7. The highest BCUT2D eigenvalue weighted by atomic mass is 16.8. The molecule has 3 aromatic rings. The van der Waals surface area contributed by atoms with Gasteiger partial charge in [0.15, 0.2) is 18.7 Å². The van der Waals surface area contributed by atoms with E-state index in [2.05, 4.69) is 5.92 Å². The Balaban J connectivity index is 1.50. The number of methoxy groups -OCH3 is 3. The second kappa shape index (κ2) is 21.4. The number of rotatable bonds is 20. The van der Waals surface area contributed by atoms with Crippen LogP contribution in [0.3, 0.4) is 0 Å². The topological polar surface area (TPSA) is 139 Å². The number of ether oxygens (including phenoxy) is 11. The van der Waals surface area contributed by atoms with Crippen molar-refractivity contribution >= 4 is 5.97 Å². The van der Waals surface area contributed by atoms with E-state index in [4.69, 9.17) is 58.5 Å². The smallest absolute Gasteiger partial charge is 0.335 e. The minimum Gasteiger partial charge on any atom is -0.479 e. The first-order valence-electron chi connectivity index (χ1n) is 17.8. The largest absolute Gasteiger partial charge is 0.479 e. The monoisotopic (exact) mass is 750 g/mol. The van der Waals surface area contributed by atoms with Crippen molar-refractivity contribution in [2.45, 2.75) is 94.4 Å². The first kappa shape index (κ1) is 41.4. The zero-order valence-corrected chi connectivity index (χ0v) is 31.0. The lowest BCUT2D eigenvalue weighted by Gasteiger charge is -2.49. The SMILES string of the molecule is C#CC(OCC)OC1C(C(=O)O)OC(OC2C(COCc3ccccc3)OC(OC)C(OCc3ccccc3)C2OCc2ccccc2)C(OC)C1OC. The summed E-state index contributed by atoms with van der Waals surface area (Å²) >= 11 is 0. The van der Waals surface area contributed by atoms with E-state index in [1.54, 1.807) is 6.92 Å². The Morgan fingerprint density at radius 2 is 1.26 bits per heavy atom. The third kappa shape index (κ3) is 10.9. The average Bonchev–Trinajstić information content (AvgIpc) is 3.20. The summed E-state index contributed by atoms with van der Waals surface area (Å²) in [5.74, 6) is 1.05. The minimum atomic E-state index is -1.60. The van der Waals surface area contributed by atoms with Crippen LogP contribution >= 0.6 is 0 Å². The number of carboxylic acids is 1. The van der Waals surface area contributed by atoms with E-state index in [0.717, 1.165) is 16.7 Å². The van der Waals surface area contributed by atoms with E-state index in [1.165, 1.54) is 21.3 Å². The van der Waals surface area contributed by atoms with Gasteiger partial charge in [0, 0.05) is 27.9 Å². The Hall–Kier alpha value is -3.75. The molecule has 2 heterocycles. The van der Waals surface area contributed by atoms with Crippen LogP contribution in [0.25, 0.3) is 0 Å². The van der Waals surface area contributed by atoms with E-state index in [9.17, 15) is 9.90 Å². The van der Waals surface area contributed by atoms with Gasteiger partial charge in [-0.2, -0.15) is 0 Å². The van der Waals surface area contributed by atoms with Crippen LogP contribution in [-0.4, -0.2) is 113 Å². The van der Waals surface area contributed by atoms with Crippen LogP contribution < -0.4 is 0 Å². The van der Waals surface area contributed by atoms with Crippen molar-refractivity contribution in [3.05, 3.63) is 108 Å². The number of carbonyl (C=O) groups is 1. The molecule has 54 heavy (non-hydrogen) atoms. The van der Waals surface area contributed by atoms with Crippen LogP contribution in [0, 0.1) is 12.3 Å². The highest BCUT2D eigenvalue weighted by Crippen LogP contribution is 2.35. The molecule has 0 saturated carbocycles. The molecule has 0 bridgehead atoms. The van der Waals surface area contributed by atoms with Crippen LogP contribution in [0.2, 0.25) is 0 Å². The first-order chi connectivity index (χ1) is 26.4. The molecule has 0 spiro atoms. The molecular weight excluding hydrogens is 700 g/mol. The fourth-order valence-corrected chi connectivity index (χ4v) is 6.49. The molecule has 11 atom stereocenters. The van der Waals surface area contributed by atoms with E-state index >= 15 is 0 Å². The summed E-state index contributed by atoms with van der Waals surface area (Å²) in [6, 6.07) is 29.0. The second-order valence-electron chi connectivity index (χ2n) is 12.6. The zero-order chi connectivity index (χ0) is 38.3. The van der Waals surface area contributed by atoms with Crippen molar-refractivity contribution in [2.24, 2.45) is 0 Å². The third-order valence-corrected chi connectivity index (χ3v) is 9.10. The normalized spacial score (nSPS) is 28.9. The second-order valence-corrected chi connectivity index (χ2v) is 12.6. The van der Waals surface area contributed by atoms with Gasteiger partial charge in [-0.25, -0.2) is 4.79 Å². The molecule has 13 heteroatoms. The summed E-state index contributed by atoms with van der Waals surface area (Å²) in [5.41, 5.74) is 2.79. The Morgan fingerprint density at radius 1 is 0.704 bits per heavy atom. The summed E-state index contributed by atoms with van der Waals surface area (Å²) in [4.78, 5) is 12.7. The Kier molecular flexibility index (Phi) is 16.4. The van der Waals surface area contributed by atoms with Gasteiger partial charge in [0.1, 0.15) is 42.7 Å². The van der Waals surface area contributed by atoms with Crippen LogP contribution in [0.4, 0.5) is 0 Å². The molecule has 0 radical (unpaired) electrons. The van der Waals surface area contributed by atoms with E-state index in [0.29, 0.717) is 0 Å². The van der Waals surface area contributed by atoms with Gasteiger partial charge in [0.2, 0.25) is 6.29 Å². The summed E-state index contributed by atoms with van der Waals surface area (Å²) in [7, 11) is 4.37. The van der Waals surface area contributed by atoms with Gasteiger partial charge >= 0.3 is 5.97 Å². The van der Waals surface area contributed by atoms with Crippen LogP contribution in [0.5, 0.6) is 0 Å². The molecule has 2 aliphatic rings. The zero-order valence-electron chi connectivity index (χ0n) is 31.0. The molecule has 2 fully saturated rings. The molecule has 292 valence electrons. The van der Waals surface area contributed by atoms with E-state index in [-0.39, 0.29) is 33.0 Å². The molecule has 2 saturated heterocycles. The molecule has 0 aromatic heterocycles. The van der Waals surface area contributed by atoms with Gasteiger partial charge in [-0.3, -0.25) is 0 Å². The first-order valence-corrected chi connectivity index (χ1v) is 17.8. The van der Waals surface area contributed by atoms with Gasteiger partial charge in [-0.05, 0) is 29.5 Å². The van der Waals surface area contributed by atoms with Gasteiger partial charge < -0.3 is 57.2 Å². The maximum Gasteiger partial charge on any atom is 0.335 e. The van der Waals surface area contributed by atoms with Crippen LogP contribution in [0.1, 0.15) is 23.6 Å². The highest BCUT2D eigenvalue weighted by Gasteiger charge is 2.55. The van der Waals surface area contributed by atoms with Gasteiger partial charge in [0.05, 0.1) is 26.4 Å². The standard InChI is InChI=1S/C41H50O13/c1-6-31(48-7-2)52-35-33(44-3)37(45-4)41(54-36(35)39(42)43)53-32-30(26-47-23-27-17-11-8-12-18-27)51-40(46-5)38(50-25-29-21-15-10-16-22-29)34(32)49-24-28-19-13-9-14-20-28/h1,8-22,30-38,40-41H,7,23-26H2,2-5H3,(H,42,43). The molecule has 2 aliphatic heterocycles. The summed E-state index contributed by atoms with van der Waals surface area (Å²) in [6.07, 6.45) is -6.13. The number of benzene rings is 3. The number of aliphatic carboxylic acids is 1. The maximum absolute atomic E-state index is 12.7. The fourth-order valence-electron chi connectivity index (χ4n) is 6.49. The summed E-state index contributed by atoms with van der Waals surface area (Å²) in [6.45, 7) is 2.70. The predicted molar refractivity (Wildman–Crippen MR) is 194 cm³/mol. The van der Waals surface area contributed by atoms with Crippen molar-refractivity contribution in [1.29, 1.82) is 0 Å². The number of hydrogen-bond donors (Lipinski definition) is 1. The third-order valence-electron chi connectivity index (χ3n) is 9.10. The van der Waals surface area contributed by atoms with Crippen molar-refractivity contribution in [3.63, 3.8) is 0 Å². The molecule has 0 amide bonds. The summed E-state index contributed by atoms with van der Waals surface area (Å²) < 4.78 is 67.9. The van der Waals surface area contributed by atoms with Crippen LogP contribution in [0.15, 0.2) is 91.0 Å². The highest BCUT2D eigenvalue weighted by molar-refractivity contribution is 5.73. The Morgan fingerprint density at radius 3 is 1.76 bits per heavy atom.